The molecular formula is C24H31ClN2O. The molecule has 0 aliphatic carbocycles. The maximum absolute atomic E-state index is 12.2. The Balaban J connectivity index is 1.67. The van der Waals surface area contributed by atoms with E-state index in [-0.39, 0.29) is 11.9 Å². The van der Waals surface area contributed by atoms with Crippen LogP contribution in [0.3, 0.4) is 0 Å². The first kappa shape index (κ1) is 20.9. The lowest BCUT2D eigenvalue weighted by atomic mass is 9.90. The van der Waals surface area contributed by atoms with Gasteiger partial charge in [0.25, 0.3) is 0 Å². The number of carbonyl (C=O) groups is 1. The molecule has 0 saturated carbocycles. The van der Waals surface area contributed by atoms with Crippen LogP contribution in [-0.4, -0.2) is 36.0 Å². The average molecular weight is 399 g/mol. The first-order chi connectivity index (χ1) is 13.4. The van der Waals surface area contributed by atoms with Gasteiger partial charge in [-0.3, -0.25) is 4.79 Å². The van der Waals surface area contributed by atoms with Crippen molar-refractivity contribution in [1.82, 2.24) is 10.2 Å². The monoisotopic (exact) mass is 398 g/mol. The number of hydrogen-bond acceptors (Lipinski definition) is 2. The Bertz CT molecular complexity index is 820. The van der Waals surface area contributed by atoms with Gasteiger partial charge in [-0.2, -0.15) is 0 Å². The summed E-state index contributed by atoms with van der Waals surface area (Å²) in [6.45, 7) is 7.76. The van der Waals surface area contributed by atoms with E-state index in [4.69, 9.17) is 11.6 Å². The fraction of sp³-hybridized carbons (Fsp3) is 0.458. The Kier molecular flexibility index (Phi) is 7.14. The largest absolute Gasteiger partial charge is 0.338 e. The highest BCUT2D eigenvalue weighted by Gasteiger charge is 2.32. The maximum atomic E-state index is 12.2. The van der Waals surface area contributed by atoms with Crippen molar-refractivity contribution >= 4 is 17.5 Å². The second-order valence-corrected chi connectivity index (χ2v) is 8.42. The van der Waals surface area contributed by atoms with Crippen LogP contribution >= 0.6 is 11.6 Å². The molecule has 2 aromatic carbocycles. The minimum Gasteiger partial charge on any atom is -0.338 e. The summed E-state index contributed by atoms with van der Waals surface area (Å²) in [7, 11) is 0. The van der Waals surface area contributed by atoms with Crippen molar-refractivity contribution in [3.63, 3.8) is 0 Å². The second-order valence-electron chi connectivity index (χ2n) is 7.99. The van der Waals surface area contributed by atoms with Crippen LogP contribution in [0.25, 0.3) is 0 Å². The number of hydrogen-bond donors (Lipinski definition) is 1. The first-order valence-electron chi connectivity index (χ1n) is 10.2. The summed E-state index contributed by atoms with van der Waals surface area (Å²) in [4.78, 5) is 14.3. The van der Waals surface area contributed by atoms with E-state index in [0.717, 1.165) is 43.8 Å². The first-order valence-corrected chi connectivity index (χ1v) is 10.6. The lowest BCUT2D eigenvalue weighted by molar-refractivity contribution is -0.133. The molecule has 4 heteroatoms. The number of nitrogens with zero attached hydrogens (tertiary/aromatic N) is 1. The summed E-state index contributed by atoms with van der Waals surface area (Å²) in [5.74, 6) is 0.160. The molecule has 1 N–H and O–H groups in total. The van der Waals surface area contributed by atoms with Crippen molar-refractivity contribution in [2.24, 2.45) is 0 Å². The Morgan fingerprint density at radius 2 is 1.96 bits per heavy atom. The highest BCUT2D eigenvalue weighted by molar-refractivity contribution is 6.30. The van der Waals surface area contributed by atoms with Crippen LogP contribution in [-0.2, 0) is 17.6 Å². The molecule has 28 heavy (non-hydrogen) atoms. The van der Waals surface area contributed by atoms with E-state index in [0.29, 0.717) is 6.04 Å². The third-order valence-corrected chi connectivity index (χ3v) is 6.14. The van der Waals surface area contributed by atoms with Gasteiger partial charge in [-0.15, -0.1) is 0 Å². The van der Waals surface area contributed by atoms with Crippen LogP contribution in [0.2, 0.25) is 5.02 Å². The van der Waals surface area contributed by atoms with Crippen molar-refractivity contribution in [2.75, 3.05) is 13.1 Å². The molecule has 0 aromatic heterocycles. The molecular weight excluding hydrogens is 368 g/mol. The predicted octanol–water partition coefficient (Wildman–Crippen LogP) is 4.71. The molecule has 150 valence electrons. The summed E-state index contributed by atoms with van der Waals surface area (Å²) < 4.78 is 0. The molecule has 3 rings (SSSR count). The zero-order valence-corrected chi connectivity index (χ0v) is 17.9. The standard InChI is InChI=1S/C24H31ClN2O/c1-17-9-10-20(14-18(17)2)11-12-26-23-8-5-13-27(19(3)28)24(23)16-21-6-4-7-22(25)15-21/h4,6-7,9-10,14-15,23-24,26H,5,8,11-13,16H2,1-3H3/t23-,24-/m0/s1. The van der Waals surface area contributed by atoms with Crippen molar-refractivity contribution in [2.45, 2.75) is 58.5 Å². The van der Waals surface area contributed by atoms with Gasteiger partial charge in [0.1, 0.15) is 0 Å². The fourth-order valence-corrected chi connectivity index (χ4v) is 4.42. The molecule has 2 aromatic rings. The van der Waals surface area contributed by atoms with Crippen LogP contribution in [0.4, 0.5) is 0 Å². The van der Waals surface area contributed by atoms with Crippen LogP contribution in [0.15, 0.2) is 42.5 Å². The van der Waals surface area contributed by atoms with Gasteiger partial charge >= 0.3 is 0 Å². The third-order valence-electron chi connectivity index (χ3n) is 5.91. The molecule has 0 unspecified atom stereocenters. The van der Waals surface area contributed by atoms with Crippen molar-refractivity contribution in [3.8, 4) is 0 Å². The molecule has 1 amide bonds. The molecule has 0 radical (unpaired) electrons. The van der Waals surface area contributed by atoms with Crippen molar-refractivity contribution < 1.29 is 4.79 Å². The molecule has 1 fully saturated rings. The second kappa shape index (κ2) is 9.58. The number of carbonyl (C=O) groups excluding carboxylic acids is 1. The van der Waals surface area contributed by atoms with Gasteiger partial charge in [-0.1, -0.05) is 41.9 Å². The number of likely N-dealkylation sites (tertiary alicyclic amines) is 1. The fourth-order valence-electron chi connectivity index (χ4n) is 4.20. The highest BCUT2D eigenvalue weighted by Crippen LogP contribution is 2.23. The van der Waals surface area contributed by atoms with E-state index in [1.54, 1.807) is 6.92 Å². The quantitative estimate of drug-likeness (QED) is 0.764. The van der Waals surface area contributed by atoms with E-state index in [1.165, 1.54) is 22.3 Å². The summed E-state index contributed by atoms with van der Waals surface area (Å²) in [5, 5.41) is 4.50. The Hall–Kier alpha value is -1.84. The van der Waals surface area contributed by atoms with Crippen LogP contribution in [0, 0.1) is 13.8 Å². The molecule has 2 atom stereocenters. The topological polar surface area (TPSA) is 32.3 Å². The zero-order chi connectivity index (χ0) is 20.1. The van der Waals surface area contributed by atoms with E-state index in [9.17, 15) is 4.79 Å². The van der Waals surface area contributed by atoms with Gasteiger partial charge < -0.3 is 10.2 Å². The van der Waals surface area contributed by atoms with Gasteiger partial charge in [0.15, 0.2) is 0 Å². The number of amides is 1. The number of halogens is 1. The lowest BCUT2D eigenvalue weighted by Crippen LogP contribution is -2.56. The SMILES string of the molecule is CC(=O)N1CCC[C@H](NCCc2ccc(C)c(C)c2)[C@@H]1Cc1cccc(Cl)c1. The average Bonchev–Trinajstić information content (AvgIpc) is 2.65. The molecule has 1 saturated heterocycles. The Morgan fingerprint density at radius 3 is 2.68 bits per heavy atom. The molecule has 1 aliphatic heterocycles. The normalized spacial score (nSPS) is 19.6. The summed E-state index contributed by atoms with van der Waals surface area (Å²) in [6, 6.07) is 15.2. The molecule has 3 nitrogen and oxygen atoms in total. The molecule has 0 bridgehead atoms. The molecule has 1 heterocycles. The predicted molar refractivity (Wildman–Crippen MR) is 117 cm³/mol. The number of benzene rings is 2. The van der Waals surface area contributed by atoms with Crippen molar-refractivity contribution in [3.05, 3.63) is 69.7 Å². The van der Waals surface area contributed by atoms with Crippen LogP contribution < -0.4 is 5.32 Å². The molecule has 1 aliphatic rings. The zero-order valence-electron chi connectivity index (χ0n) is 17.2. The number of rotatable bonds is 6. The van der Waals surface area contributed by atoms with Gasteiger partial charge in [0, 0.05) is 24.5 Å². The summed E-state index contributed by atoms with van der Waals surface area (Å²) >= 11 is 6.18. The number of aryl methyl sites for hydroxylation is 2. The summed E-state index contributed by atoms with van der Waals surface area (Å²) in [5.41, 5.74) is 5.23. The van der Waals surface area contributed by atoms with E-state index < -0.39 is 0 Å². The van der Waals surface area contributed by atoms with Gasteiger partial charge in [0.05, 0.1) is 6.04 Å². The van der Waals surface area contributed by atoms with Gasteiger partial charge in [-0.05, 0) is 80.5 Å². The van der Waals surface area contributed by atoms with E-state index in [1.807, 2.05) is 23.1 Å². The smallest absolute Gasteiger partial charge is 0.219 e. The maximum Gasteiger partial charge on any atom is 0.219 e. The lowest BCUT2D eigenvalue weighted by Gasteiger charge is -2.41. The minimum atomic E-state index is 0.160. The Morgan fingerprint density at radius 1 is 1.14 bits per heavy atom. The summed E-state index contributed by atoms with van der Waals surface area (Å²) in [6.07, 6.45) is 3.98. The highest BCUT2D eigenvalue weighted by atomic mass is 35.5. The number of piperidine rings is 1. The molecule has 0 spiro atoms. The van der Waals surface area contributed by atoms with E-state index in [2.05, 4.69) is 43.4 Å². The van der Waals surface area contributed by atoms with Gasteiger partial charge in [-0.25, -0.2) is 0 Å². The van der Waals surface area contributed by atoms with Gasteiger partial charge in [0.2, 0.25) is 5.91 Å². The Labute approximate surface area is 174 Å². The minimum absolute atomic E-state index is 0.160. The van der Waals surface area contributed by atoms with Crippen LogP contribution in [0.1, 0.15) is 42.0 Å². The van der Waals surface area contributed by atoms with Crippen LogP contribution in [0.5, 0.6) is 0 Å². The third kappa shape index (κ3) is 5.36. The number of nitrogens with one attached hydrogen (secondary N) is 1. The van der Waals surface area contributed by atoms with E-state index >= 15 is 0 Å². The van der Waals surface area contributed by atoms with Crippen molar-refractivity contribution in [1.29, 1.82) is 0 Å².